The van der Waals surface area contributed by atoms with E-state index in [4.69, 9.17) is 17.0 Å². The largest absolute Gasteiger partial charge is 0.497 e. The molecule has 0 fully saturated rings. The van der Waals surface area contributed by atoms with E-state index in [-0.39, 0.29) is 0 Å². The Morgan fingerprint density at radius 2 is 1.75 bits per heavy atom. The van der Waals surface area contributed by atoms with Gasteiger partial charge in [0.15, 0.2) is 5.11 Å². The first-order valence-corrected chi connectivity index (χ1v) is 6.80. The van der Waals surface area contributed by atoms with E-state index >= 15 is 0 Å². The number of nitrogens with one attached hydrogen (secondary N) is 1. The van der Waals surface area contributed by atoms with Crippen molar-refractivity contribution < 1.29 is 4.74 Å². The normalized spacial score (nSPS) is 9.90. The molecule has 0 heterocycles. The lowest BCUT2D eigenvalue weighted by atomic mass is 10.2. The summed E-state index contributed by atoms with van der Waals surface area (Å²) in [5.74, 6) is 0.862. The molecule has 0 atom stereocenters. The van der Waals surface area contributed by atoms with E-state index in [2.05, 4.69) is 5.32 Å². The van der Waals surface area contributed by atoms with Gasteiger partial charge in [0, 0.05) is 19.3 Å². The SMILES string of the molecule is COc1ccc(CN(C)C(=S)Nc2ccccc2)cc1. The molecule has 1 N–H and O–H groups in total. The smallest absolute Gasteiger partial charge is 0.173 e. The Morgan fingerprint density at radius 1 is 1.10 bits per heavy atom. The second-order valence-electron chi connectivity index (χ2n) is 4.50. The molecule has 0 aliphatic rings. The number of hydrogen-bond acceptors (Lipinski definition) is 2. The van der Waals surface area contributed by atoms with E-state index in [0.29, 0.717) is 5.11 Å². The van der Waals surface area contributed by atoms with Crippen molar-refractivity contribution >= 4 is 23.0 Å². The standard InChI is InChI=1S/C16H18N2OS/c1-18(12-13-8-10-15(19-2)11-9-13)16(20)17-14-6-4-3-5-7-14/h3-11H,12H2,1-2H3,(H,17,20). The number of nitrogens with zero attached hydrogens (tertiary/aromatic N) is 1. The van der Waals surface area contributed by atoms with Crippen molar-refractivity contribution in [1.29, 1.82) is 0 Å². The fourth-order valence-electron chi connectivity index (χ4n) is 1.82. The highest BCUT2D eigenvalue weighted by Crippen LogP contribution is 2.13. The van der Waals surface area contributed by atoms with Crippen LogP contribution in [-0.4, -0.2) is 24.2 Å². The molecule has 0 unspecified atom stereocenters. The fraction of sp³-hybridized carbons (Fsp3) is 0.188. The van der Waals surface area contributed by atoms with E-state index in [1.807, 2.05) is 66.5 Å². The van der Waals surface area contributed by atoms with Crippen LogP contribution in [0, 0.1) is 0 Å². The summed E-state index contributed by atoms with van der Waals surface area (Å²) < 4.78 is 5.15. The zero-order valence-corrected chi connectivity index (χ0v) is 12.5. The van der Waals surface area contributed by atoms with Crippen molar-refractivity contribution in [3.05, 3.63) is 60.2 Å². The Balaban J connectivity index is 1.93. The maximum atomic E-state index is 5.40. The molecular formula is C16H18N2OS. The number of ether oxygens (including phenoxy) is 1. The Labute approximate surface area is 125 Å². The minimum atomic E-state index is 0.701. The van der Waals surface area contributed by atoms with E-state index < -0.39 is 0 Å². The van der Waals surface area contributed by atoms with Crippen LogP contribution in [0.5, 0.6) is 5.75 Å². The van der Waals surface area contributed by atoms with Crippen LogP contribution in [-0.2, 0) is 6.54 Å². The number of thiocarbonyl (C=S) groups is 1. The second-order valence-corrected chi connectivity index (χ2v) is 4.89. The van der Waals surface area contributed by atoms with E-state index in [1.165, 1.54) is 5.56 Å². The van der Waals surface area contributed by atoms with Crippen LogP contribution in [0.1, 0.15) is 5.56 Å². The minimum absolute atomic E-state index is 0.701. The number of hydrogen-bond donors (Lipinski definition) is 1. The first-order chi connectivity index (χ1) is 9.69. The van der Waals surface area contributed by atoms with E-state index in [1.54, 1.807) is 7.11 Å². The molecule has 0 amide bonds. The summed E-state index contributed by atoms with van der Waals surface area (Å²) in [6, 6.07) is 17.9. The molecule has 0 aromatic heterocycles. The second kappa shape index (κ2) is 6.91. The zero-order valence-electron chi connectivity index (χ0n) is 11.7. The molecule has 2 aromatic rings. The van der Waals surface area contributed by atoms with Gasteiger partial charge in [-0.05, 0) is 42.0 Å². The molecule has 104 valence electrons. The van der Waals surface area contributed by atoms with Gasteiger partial charge in [-0.25, -0.2) is 0 Å². The molecule has 0 saturated heterocycles. The van der Waals surface area contributed by atoms with Crippen molar-refractivity contribution in [3.63, 3.8) is 0 Å². The minimum Gasteiger partial charge on any atom is -0.497 e. The summed E-state index contributed by atoms with van der Waals surface area (Å²) in [5.41, 5.74) is 2.18. The summed E-state index contributed by atoms with van der Waals surface area (Å²) in [4.78, 5) is 2.00. The Morgan fingerprint density at radius 3 is 2.35 bits per heavy atom. The Bertz CT molecular complexity index is 554. The van der Waals surface area contributed by atoms with Crippen LogP contribution in [0.15, 0.2) is 54.6 Å². The molecule has 3 nitrogen and oxygen atoms in total. The van der Waals surface area contributed by atoms with Gasteiger partial charge in [0.2, 0.25) is 0 Å². The van der Waals surface area contributed by atoms with E-state index in [9.17, 15) is 0 Å². The highest BCUT2D eigenvalue weighted by atomic mass is 32.1. The monoisotopic (exact) mass is 286 g/mol. The van der Waals surface area contributed by atoms with Crippen LogP contribution in [0.3, 0.4) is 0 Å². The third kappa shape index (κ3) is 3.96. The van der Waals surface area contributed by atoms with Gasteiger partial charge in [-0.3, -0.25) is 0 Å². The fourth-order valence-corrected chi connectivity index (χ4v) is 2.00. The molecule has 0 spiro atoms. The number of methoxy groups -OCH3 is 1. The van der Waals surface area contributed by atoms with Gasteiger partial charge < -0.3 is 15.0 Å². The number of anilines is 1. The summed E-state index contributed by atoms with van der Waals surface area (Å²) in [6.45, 7) is 0.753. The molecule has 0 radical (unpaired) electrons. The molecule has 2 aromatic carbocycles. The van der Waals surface area contributed by atoms with Crippen LogP contribution in [0.2, 0.25) is 0 Å². The van der Waals surface area contributed by atoms with Gasteiger partial charge in [0.1, 0.15) is 5.75 Å². The van der Waals surface area contributed by atoms with Crippen LogP contribution in [0.25, 0.3) is 0 Å². The molecular weight excluding hydrogens is 268 g/mol. The van der Waals surface area contributed by atoms with Crippen LogP contribution >= 0.6 is 12.2 Å². The van der Waals surface area contributed by atoms with Gasteiger partial charge in [-0.1, -0.05) is 30.3 Å². The van der Waals surface area contributed by atoms with Crippen molar-refractivity contribution in [2.24, 2.45) is 0 Å². The summed E-state index contributed by atoms with van der Waals surface area (Å²) in [5, 5.41) is 3.92. The van der Waals surface area contributed by atoms with Crippen molar-refractivity contribution in [2.45, 2.75) is 6.54 Å². The third-order valence-electron chi connectivity index (χ3n) is 2.95. The molecule has 0 aliphatic carbocycles. The first kappa shape index (κ1) is 14.3. The maximum Gasteiger partial charge on any atom is 0.173 e. The molecule has 0 bridgehead atoms. The van der Waals surface area contributed by atoms with E-state index in [0.717, 1.165) is 18.0 Å². The molecule has 0 saturated carbocycles. The summed E-state index contributed by atoms with van der Waals surface area (Å²) in [7, 11) is 3.64. The zero-order chi connectivity index (χ0) is 14.4. The highest BCUT2D eigenvalue weighted by molar-refractivity contribution is 7.80. The Kier molecular flexibility index (Phi) is 4.96. The third-order valence-corrected chi connectivity index (χ3v) is 3.36. The van der Waals surface area contributed by atoms with Crippen molar-refractivity contribution in [2.75, 3.05) is 19.5 Å². The molecule has 4 heteroatoms. The molecule has 2 rings (SSSR count). The van der Waals surface area contributed by atoms with Gasteiger partial charge >= 0.3 is 0 Å². The lowest BCUT2D eigenvalue weighted by molar-refractivity contribution is 0.414. The van der Waals surface area contributed by atoms with Crippen molar-refractivity contribution in [1.82, 2.24) is 4.90 Å². The van der Waals surface area contributed by atoms with Gasteiger partial charge in [-0.2, -0.15) is 0 Å². The average Bonchev–Trinajstić information content (AvgIpc) is 2.49. The summed E-state index contributed by atoms with van der Waals surface area (Å²) in [6.07, 6.45) is 0. The number of rotatable bonds is 4. The lowest BCUT2D eigenvalue weighted by Gasteiger charge is -2.21. The first-order valence-electron chi connectivity index (χ1n) is 6.39. The van der Waals surface area contributed by atoms with Gasteiger partial charge in [0.05, 0.1) is 7.11 Å². The lowest BCUT2D eigenvalue weighted by Crippen LogP contribution is -2.30. The molecule has 20 heavy (non-hydrogen) atoms. The number of benzene rings is 2. The predicted molar refractivity (Wildman–Crippen MR) is 87.1 cm³/mol. The maximum absolute atomic E-state index is 5.40. The van der Waals surface area contributed by atoms with Crippen LogP contribution in [0.4, 0.5) is 5.69 Å². The summed E-state index contributed by atoms with van der Waals surface area (Å²) >= 11 is 5.40. The Hall–Kier alpha value is -2.07. The van der Waals surface area contributed by atoms with Crippen molar-refractivity contribution in [3.8, 4) is 5.75 Å². The predicted octanol–water partition coefficient (Wildman–Crippen LogP) is 3.52. The van der Waals surface area contributed by atoms with Crippen LogP contribution < -0.4 is 10.1 Å². The van der Waals surface area contributed by atoms with Gasteiger partial charge in [0.25, 0.3) is 0 Å². The number of para-hydroxylation sites is 1. The highest BCUT2D eigenvalue weighted by Gasteiger charge is 2.05. The van der Waals surface area contributed by atoms with Gasteiger partial charge in [-0.15, -0.1) is 0 Å². The quantitative estimate of drug-likeness (QED) is 0.869. The topological polar surface area (TPSA) is 24.5 Å². The average molecular weight is 286 g/mol. The molecule has 0 aliphatic heterocycles.